The van der Waals surface area contributed by atoms with Gasteiger partial charge in [0, 0.05) is 23.2 Å². The van der Waals surface area contributed by atoms with Crippen molar-refractivity contribution in [2.45, 2.75) is 24.7 Å². The zero-order valence-corrected chi connectivity index (χ0v) is 18.0. The number of nitrogens with zero attached hydrogens (tertiary/aromatic N) is 1. The molecular weight excluding hydrogens is 444 g/mol. The fourth-order valence-corrected chi connectivity index (χ4v) is 4.96. The van der Waals surface area contributed by atoms with E-state index in [9.17, 15) is 13.2 Å². The lowest BCUT2D eigenvalue weighted by molar-refractivity contribution is -0.120. The monoisotopic (exact) mass is 466 g/mol. The topological polar surface area (TPSA) is 75.7 Å². The van der Waals surface area contributed by atoms with Crippen molar-refractivity contribution in [2.24, 2.45) is 5.92 Å². The number of benzene rings is 2. The van der Waals surface area contributed by atoms with Crippen LogP contribution in [-0.4, -0.2) is 38.3 Å². The van der Waals surface area contributed by atoms with Crippen molar-refractivity contribution in [3.05, 3.63) is 53.0 Å². The first-order chi connectivity index (χ1) is 13.4. The summed E-state index contributed by atoms with van der Waals surface area (Å²) in [5, 5.41) is 2.87. The number of anilines is 1. The SMILES string of the molecule is CCOc1ccc(S(=O)(=O)N2CCC[C@@H](C(=O)Nc3ccc(Br)cc3)C2)cc1. The summed E-state index contributed by atoms with van der Waals surface area (Å²) < 4.78 is 33.6. The van der Waals surface area contributed by atoms with Gasteiger partial charge in [0.05, 0.1) is 17.4 Å². The number of amides is 1. The molecule has 28 heavy (non-hydrogen) atoms. The normalized spacial score (nSPS) is 17.9. The molecule has 1 aliphatic rings. The Hall–Kier alpha value is -1.90. The smallest absolute Gasteiger partial charge is 0.243 e. The molecule has 0 unspecified atom stereocenters. The molecule has 0 radical (unpaired) electrons. The number of piperidine rings is 1. The van der Waals surface area contributed by atoms with Gasteiger partial charge in [0.15, 0.2) is 0 Å². The molecule has 1 aliphatic heterocycles. The van der Waals surface area contributed by atoms with Crippen molar-refractivity contribution in [2.75, 3.05) is 25.0 Å². The van der Waals surface area contributed by atoms with E-state index in [1.165, 1.54) is 4.31 Å². The molecular formula is C20H23BrN2O4S. The summed E-state index contributed by atoms with van der Waals surface area (Å²) in [4.78, 5) is 12.8. The van der Waals surface area contributed by atoms with Crippen LogP contribution in [0.1, 0.15) is 19.8 Å². The van der Waals surface area contributed by atoms with Crippen molar-refractivity contribution in [3.63, 3.8) is 0 Å². The largest absolute Gasteiger partial charge is 0.494 e. The van der Waals surface area contributed by atoms with E-state index in [1.54, 1.807) is 36.4 Å². The first-order valence-electron chi connectivity index (χ1n) is 9.19. The average Bonchev–Trinajstić information content (AvgIpc) is 2.70. The molecule has 0 aromatic heterocycles. The minimum atomic E-state index is -3.65. The standard InChI is InChI=1S/C20H23BrN2O4S/c1-2-27-18-9-11-19(12-10-18)28(25,26)23-13-3-4-15(14-23)20(24)22-17-7-5-16(21)6-8-17/h5-12,15H,2-4,13-14H2,1H3,(H,22,24)/t15-/m1/s1. The van der Waals surface area contributed by atoms with Crippen LogP contribution in [0, 0.1) is 5.92 Å². The molecule has 150 valence electrons. The third-order valence-electron chi connectivity index (χ3n) is 4.64. The highest BCUT2D eigenvalue weighted by atomic mass is 79.9. The minimum Gasteiger partial charge on any atom is -0.494 e. The quantitative estimate of drug-likeness (QED) is 0.700. The van der Waals surface area contributed by atoms with Crippen LogP contribution < -0.4 is 10.1 Å². The van der Waals surface area contributed by atoms with Crippen molar-refractivity contribution in [1.82, 2.24) is 4.31 Å². The number of carbonyl (C=O) groups excluding carboxylic acids is 1. The number of rotatable bonds is 6. The van der Waals surface area contributed by atoms with Crippen molar-refractivity contribution >= 4 is 37.5 Å². The van der Waals surface area contributed by atoms with Crippen LogP contribution in [-0.2, 0) is 14.8 Å². The number of hydrogen-bond acceptors (Lipinski definition) is 4. The van der Waals surface area contributed by atoms with Gasteiger partial charge in [0.25, 0.3) is 0 Å². The molecule has 0 aliphatic carbocycles. The second kappa shape index (κ2) is 9.07. The summed E-state index contributed by atoms with van der Waals surface area (Å²) in [6.45, 7) is 2.99. The van der Waals surface area contributed by atoms with Gasteiger partial charge >= 0.3 is 0 Å². The number of sulfonamides is 1. The summed E-state index contributed by atoms with van der Waals surface area (Å²) in [6.07, 6.45) is 1.31. The van der Waals surface area contributed by atoms with E-state index in [1.807, 2.05) is 19.1 Å². The molecule has 6 nitrogen and oxygen atoms in total. The molecule has 8 heteroatoms. The van der Waals surface area contributed by atoms with Crippen LogP contribution in [0.2, 0.25) is 0 Å². The Morgan fingerprint density at radius 1 is 1.18 bits per heavy atom. The van der Waals surface area contributed by atoms with Gasteiger partial charge in [-0.3, -0.25) is 4.79 Å². The summed E-state index contributed by atoms with van der Waals surface area (Å²) in [5.74, 6) is 0.0932. The van der Waals surface area contributed by atoms with Gasteiger partial charge in [-0.2, -0.15) is 4.31 Å². The number of carbonyl (C=O) groups is 1. The maximum Gasteiger partial charge on any atom is 0.243 e. The highest BCUT2D eigenvalue weighted by Crippen LogP contribution is 2.26. The Balaban J connectivity index is 1.69. The molecule has 3 rings (SSSR count). The van der Waals surface area contributed by atoms with Gasteiger partial charge < -0.3 is 10.1 Å². The number of halogens is 1. The maximum atomic E-state index is 13.0. The van der Waals surface area contributed by atoms with E-state index in [2.05, 4.69) is 21.2 Å². The van der Waals surface area contributed by atoms with Crippen molar-refractivity contribution < 1.29 is 17.9 Å². The van der Waals surface area contributed by atoms with Gasteiger partial charge in [0.1, 0.15) is 5.75 Å². The molecule has 1 amide bonds. The number of ether oxygens (including phenoxy) is 1. The van der Waals surface area contributed by atoms with Crippen LogP contribution >= 0.6 is 15.9 Å². The Kier molecular flexibility index (Phi) is 6.74. The lowest BCUT2D eigenvalue weighted by atomic mass is 9.99. The molecule has 0 saturated carbocycles. The Morgan fingerprint density at radius 3 is 2.50 bits per heavy atom. The third-order valence-corrected chi connectivity index (χ3v) is 7.05. The van der Waals surface area contributed by atoms with E-state index in [0.717, 1.165) is 4.47 Å². The van der Waals surface area contributed by atoms with E-state index < -0.39 is 10.0 Å². The lowest BCUT2D eigenvalue weighted by Crippen LogP contribution is -2.43. The molecule has 1 N–H and O–H groups in total. The van der Waals surface area contributed by atoms with Crippen LogP contribution in [0.25, 0.3) is 0 Å². The molecule has 1 saturated heterocycles. The highest BCUT2D eigenvalue weighted by Gasteiger charge is 2.33. The minimum absolute atomic E-state index is 0.158. The predicted octanol–water partition coefficient (Wildman–Crippen LogP) is 3.89. The second-order valence-corrected chi connectivity index (χ2v) is 9.46. The molecule has 0 spiro atoms. The maximum absolute atomic E-state index is 13.0. The molecule has 1 fully saturated rings. The van der Waals surface area contributed by atoms with Gasteiger partial charge in [-0.1, -0.05) is 15.9 Å². The third kappa shape index (κ3) is 4.92. The predicted molar refractivity (Wildman–Crippen MR) is 112 cm³/mol. The fourth-order valence-electron chi connectivity index (χ4n) is 3.18. The average molecular weight is 467 g/mol. The van der Waals surface area contributed by atoms with E-state index in [0.29, 0.717) is 37.4 Å². The van der Waals surface area contributed by atoms with Crippen molar-refractivity contribution in [1.29, 1.82) is 0 Å². The van der Waals surface area contributed by atoms with Gasteiger partial charge in [-0.25, -0.2) is 8.42 Å². The van der Waals surface area contributed by atoms with Gasteiger partial charge in [-0.15, -0.1) is 0 Å². The van der Waals surface area contributed by atoms with E-state index in [4.69, 9.17) is 4.74 Å². The summed E-state index contributed by atoms with van der Waals surface area (Å²) in [6, 6.07) is 13.7. The first kappa shape index (κ1) is 20.8. The molecule has 1 heterocycles. The van der Waals surface area contributed by atoms with Crippen molar-refractivity contribution in [3.8, 4) is 5.75 Å². The molecule has 2 aromatic rings. The highest BCUT2D eigenvalue weighted by molar-refractivity contribution is 9.10. The molecule has 2 aromatic carbocycles. The summed E-state index contributed by atoms with van der Waals surface area (Å²) >= 11 is 3.36. The fraction of sp³-hybridized carbons (Fsp3) is 0.350. The second-order valence-electron chi connectivity index (χ2n) is 6.60. The summed E-state index contributed by atoms with van der Waals surface area (Å²) in [5.41, 5.74) is 0.694. The van der Waals surface area contributed by atoms with Crippen LogP contribution in [0.4, 0.5) is 5.69 Å². The zero-order chi connectivity index (χ0) is 20.1. The lowest BCUT2D eigenvalue weighted by Gasteiger charge is -2.31. The Bertz CT molecular complexity index is 914. The molecule has 1 atom stereocenters. The molecule has 0 bridgehead atoms. The number of hydrogen-bond donors (Lipinski definition) is 1. The zero-order valence-electron chi connectivity index (χ0n) is 15.6. The Labute approximate surface area is 174 Å². The van der Waals surface area contributed by atoms with Crippen LogP contribution in [0.15, 0.2) is 57.9 Å². The number of nitrogens with one attached hydrogen (secondary N) is 1. The van der Waals surface area contributed by atoms with Crippen LogP contribution in [0.5, 0.6) is 5.75 Å². The van der Waals surface area contributed by atoms with Crippen LogP contribution in [0.3, 0.4) is 0 Å². The first-order valence-corrected chi connectivity index (χ1v) is 11.4. The summed E-state index contributed by atoms with van der Waals surface area (Å²) in [7, 11) is -3.65. The van der Waals surface area contributed by atoms with Gasteiger partial charge in [0.2, 0.25) is 15.9 Å². The van der Waals surface area contributed by atoms with E-state index >= 15 is 0 Å². The van der Waals surface area contributed by atoms with Gasteiger partial charge in [-0.05, 0) is 68.3 Å². The Morgan fingerprint density at radius 2 is 1.86 bits per heavy atom. The van der Waals surface area contributed by atoms with E-state index in [-0.39, 0.29) is 23.3 Å².